The summed E-state index contributed by atoms with van der Waals surface area (Å²) in [6, 6.07) is 5.88. The molecule has 1 saturated carbocycles. The fraction of sp³-hybridized carbons (Fsp3) is 0.467. The smallest absolute Gasteiger partial charge is 0.350 e. The van der Waals surface area contributed by atoms with Crippen molar-refractivity contribution in [2.75, 3.05) is 12.4 Å². The number of halogens is 1. The van der Waals surface area contributed by atoms with E-state index in [4.69, 9.17) is 11.6 Å². The molecule has 0 saturated heterocycles. The van der Waals surface area contributed by atoms with Gasteiger partial charge >= 0.3 is 5.69 Å². The number of benzene rings is 1. The minimum Gasteiger partial charge on any atom is -0.372 e. The molecule has 1 aromatic carbocycles. The number of nitrogens with one attached hydrogen (secondary N) is 1. The fourth-order valence-corrected chi connectivity index (χ4v) is 3.27. The Bertz CT molecular complexity index is 689. The number of aromatic nitrogens is 2. The van der Waals surface area contributed by atoms with Crippen LogP contribution in [0.3, 0.4) is 0 Å². The highest BCUT2D eigenvalue weighted by atomic mass is 35.5. The predicted molar refractivity (Wildman–Crippen MR) is 82.7 cm³/mol. The Hall–Kier alpha value is -1.55. The van der Waals surface area contributed by atoms with Gasteiger partial charge in [0, 0.05) is 23.5 Å². The average molecular weight is 292 g/mol. The van der Waals surface area contributed by atoms with Crippen LogP contribution in [-0.4, -0.2) is 16.6 Å². The van der Waals surface area contributed by atoms with Crippen molar-refractivity contribution in [3.8, 4) is 0 Å². The zero-order chi connectivity index (χ0) is 14.1. The van der Waals surface area contributed by atoms with E-state index in [0.29, 0.717) is 10.8 Å². The van der Waals surface area contributed by atoms with Crippen LogP contribution >= 0.6 is 11.6 Å². The van der Waals surface area contributed by atoms with Gasteiger partial charge in [-0.05, 0) is 31.0 Å². The number of hydrogen-bond donors (Lipinski definition) is 1. The molecule has 0 amide bonds. The first-order chi connectivity index (χ1) is 9.70. The van der Waals surface area contributed by atoms with Crippen LogP contribution in [0.5, 0.6) is 0 Å². The summed E-state index contributed by atoms with van der Waals surface area (Å²) in [6.07, 6.45) is 5.69. The molecule has 2 aromatic rings. The van der Waals surface area contributed by atoms with Crippen LogP contribution in [0.2, 0.25) is 5.02 Å². The summed E-state index contributed by atoms with van der Waals surface area (Å²) in [4.78, 5) is 16.6. The maximum Gasteiger partial charge on any atom is 0.350 e. The van der Waals surface area contributed by atoms with Crippen LogP contribution in [0, 0.1) is 0 Å². The fourth-order valence-electron chi connectivity index (χ4n) is 3.10. The third kappa shape index (κ3) is 2.29. The van der Waals surface area contributed by atoms with Gasteiger partial charge in [-0.25, -0.2) is 4.79 Å². The van der Waals surface area contributed by atoms with E-state index >= 15 is 0 Å². The lowest BCUT2D eigenvalue weighted by atomic mass is 9.95. The van der Waals surface area contributed by atoms with Gasteiger partial charge in [-0.15, -0.1) is 0 Å². The molecule has 1 fully saturated rings. The Morgan fingerprint density at radius 2 is 2.05 bits per heavy atom. The minimum atomic E-state index is -0.184. The molecule has 0 aliphatic heterocycles. The standard InChI is InChI=1S/C15H18ClN3O/c1-17-14-12-8-7-10(16)9-13(12)19(15(20)18-14)11-5-3-2-4-6-11/h7-9,11H,2-6H2,1H3,(H,17,18,20). The third-order valence-corrected chi connectivity index (χ3v) is 4.30. The Morgan fingerprint density at radius 1 is 1.30 bits per heavy atom. The van der Waals surface area contributed by atoms with E-state index in [1.54, 1.807) is 7.05 Å². The van der Waals surface area contributed by atoms with E-state index in [-0.39, 0.29) is 11.7 Å². The summed E-state index contributed by atoms with van der Waals surface area (Å²) < 4.78 is 1.83. The molecular formula is C15H18ClN3O. The lowest BCUT2D eigenvalue weighted by Crippen LogP contribution is -2.29. The molecule has 106 valence electrons. The van der Waals surface area contributed by atoms with E-state index in [0.717, 1.165) is 23.7 Å². The molecule has 1 N–H and O–H groups in total. The number of rotatable bonds is 2. The molecule has 20 heavy (non-hydrogen) atoms. The number of anilines is 1. The molecule has 1 aliphatic carbocycles. The van der Waals surface area contributed by atoms with Crippen molar-refractivity contribution < 1.29 is 0 Å². The van der Waals surface area contributed by atoms with Gasteiger partial charge in [0.2, 0.25) is 0 Å². The number of nitrogens with zero attached hydrogens (tertiary/aromatic N) is 2. The van der Waals surface area contributed by atoms with Crippen molar-refractivity contribution in [3.05, 3.63) is 33.7 Å². The van der Waals surface area contributed by atoms with Crippen molar-refractivity contribution in [2.45, 2.75) is 38.1 Å². The van der Waals surface area contributed by atoms with Crippen molar-refractivity contribution in [1.82, 2.24) is 9.55 Å². The molecule has 4 nitrogen and oxygen atoms in total. The summed E-state index contributed by atoms with van der Waals surface area (Å²) in [5.41, 5.74) is 0.699. The molecule has 1 aromatic heterocycles. The molecule has 5 heteroatoms. The first-order valence-electron chi connectivity index (χ1n) is 7.10. The summed E-state index contributed by atoms with van der Waals surface area (Å²) >= 11 is 6.12. The van der Waals surface area contributed by atoms with E-state index in [1.807, 2.05) is 22.8 Å². The van der Waals surface area contributed by atoms with E-state index < -0.39 is 0 Å². The van der Waals surface area contributed by atoms with Crippen LogP contribution in [0.4, 0.5) is 5.82 Å². The topological polar surface area (TPSA) is 46.9 Å². The summed E-state index contributed by atoms with van der Waals surface area (Å²) in [5, 5.41) is 4.59. The molecule has 0 spiro atoms. The largest absolute Gasteiger partial charge is 0.372 e. The first kappa shape index (κ1) is 13.4. The highest BCUT2D eigenvalue weighted by Crippen LogP contribution is 2.31. The zero-order valence-corrected chi connectivity index (χ0v) is 12.3. The second-order valence-electron chi connectivity index (χ2n) is 5.32. The SMILES string of the molecule is CNc1nc(=O)n(C2CCCCC2)c2cc(Cl)ccc12. The minimum absolute atomic E-state index is 0.184. The molecule has 0 radical (unpaired) electrons. The van der Waals surface area contributed by atoms with Crippen molar-refractivity contribution in [2.24, 2.45) is 0 Å². The van der Waals surface area contributed by atoms with E-state index in [2.05, 4.69) is 10.3 Å². The predicted octanol–water partition coefficient (Wildman–Crippen LogP) is 3.60. The highest BCUT2D eigenvalue weighted by molar-refractivity contribution is 6.31. The summed E-state index contributed by atoms with van der Waals surface area (Å²) in [6.45, 7) is 0. The normalized spacial score (nSPS) is 16.5. The first-order valence-corrected chi connectivity index (χ1v) is 7.48. The second kappa shape index (κ2) is 5.44. The van der Waals surface area contributed by atoms with Crippen LogP contribution in [0.25, 0.3) is 10.9 Å². The van der Waals surface area contributed by atoms with Crippen molar-refractivity contribution in [1.29, 1.82) is 0 Å². The molecule has 0 unspecified atom stereocenters. The lowest BCUT2D eigenvalue weighted by Gasteiger charge is -2.25. The Labute approximate surface area is 122 Å². The molecule has 3 rings (SSSR count). The van der Waals surface area contributed by atoms with Crippen LogP contribution in [0.15, 0.2) is 23.0 Å². The van der Waals surface area contributed by atoms with Gasteiger partial charge < -0.3 is 5.32 Å². The average Bonchev–Trinajstić information content (AvgIpc) is 2.47. The Morgan fingerprint density at radius 3 is 2.75 bits per heavy atom. The number of fused-ring (bicyclic) bond motifs is 1. The van der Waals surface area contributed by atoms with Gasteiger partial charge in [-0.3, -0.25) is 4.57 Å². The van der Waals surface area contributed by atoms with Crippen molar-refractivity contribution >= 4 is 28.3 Å². The Balaban J connectivity index is 2.26. The van der Waals surface area contributed by atoms with Gasteiger partial charge in [-0.2, -0.15) is 4.98 Å². The van der Waals surface area contributed by atoms with Crippen LogP contribution in [-0.2, 0) is 0 Å². The highest BCUT2D eigenvalue weighted by Gasteiger charge is 2.20. The van der Waals surface area contributed by atoms with Gasteiger partial charge in [0.25, 0.3) is 0 Å². The molecule has 0 bridgehead atoms. The second-order valence-corrected chi connectivity index (χ2v) is 5.75. The van der Waals surface area contributed by atoms with Crippen LogP contribution in [0.1, 0.15) is 38.1 Å². The van der Waals surface area contributed by atoms with Gasteiger partial charge in [-0.1, -0.05) is 30.9 Å². The van der Waals surface area contributed by atoms with Gasteiger partial charge in [0.1, 0.15) is 5.82 Å². The monoisotopic (exact) mass is 291 g/mol. The van der Waals surface area contributed by atoms with E-state index in [9.17, 15) is 4.79 Å². The molecule has 0 atom stereocenters. The summed E-state index contributed by atoms with van der Waals surface area (Å²) in [5.74, 6) is 0.619. The molecule has 1 aliphatic rings. The molecular weight excluding hydrogens is 274 g/mol. The number of hydrogen-bond acceptors (Lipinski definition) is 3. The van der Waals surface area contributed by atoms with E-state index in [1.165, 1.54) is 19.3 Å². The van der Waals surface area contributed by atoms with Crippen LogP contribution < -0.4 is 11.0 Å². The lowest BCUT2D eigenvalue weighted by molar-refractivity contribution is 0.351. The quantitative estimate of drug-likeness (QED) is 0.919. The maximum atomic E-state index is 12.4. The third-order valence-electron chi connectivity index (χ3n) is 4.06. The van der Waals surface area contributed by atoms with Gasteiger partial charge in [0.05, 0.1) is 5.52 Å². The zero-order valence-electron chi connectivity index (χ0n) is 11.5. The van der Waals surface area contributed by atoms with Crippen molar-refractivity contribution in [3.63, 3.8) is 0 Å². The Kier molecular flexibility index (Phi) is 3.66. The molecule has 1 heterocycles. The van der Waals surface area contributed by atoms with Gasteiger partial charge in [0.15, 0.2) is 0 Å². The maximum absolute atomic E-state index is 12.4. The summed E-state index contributed by atoms with van der Waals surface area (Å²) in [7, 11) is 1.78.